The number of nitrogens with zero attached hydrogens (tertiary/aromatic N) is 1. The van der Waals surface area contributed by atoms with Crippen LogP contribution in [-0.4, -0.2) is 38.1 Å². The molecule has 0 heterocycles. The minimum atomic E-state index is -0.328. The monoisotopic (exact) mass is 444 g/mol. The number of nitrogens with one attached hydrogen (secondary N) is 1. The van der Waals surface area contributed by atoms with Gasteiger partial charge in [-0.1, -0.05) is 48.5 Å². The van der Waals surface area contributed by atoms with Gasteiger partial charge in [-0.2, -0.15) is 0 Å². The van der Waals surface area contributed by atoms with Gasteiger partial charge in [0, 0.05) is 35.8 Å². The lowest BCUT2D eigenvalue weighted by molar-refractivity contribution is -0.140. The molecule has 5 heteroatoms. The summed E-state index contributed by atoms with van der Waals surface area (Å²) in [5, 5.41) is 5.36. The van der Waals surface area contributed by atoms with E-state index in [0.29, 0.717) is 17.5 Å². The van der Waals surface area contributed by atoms with Crippen LogP contribution < -0.4 is 10.2 Å². The minimum absolute atomic E-state index is 0.164. The van der Waals surface area contributed by atoms with E-state index in [1.165, 1.54) is 29.1 Å². The maximum absolute atomic E-state index is 12.3. The number of anilines is 1. The van der Waals surface area contributed by atoms with E-state index in [1.807, 2.05) is 12.1 Å². The van der Waals surface area contributed by atoms with Crippen LogP contribution in [0, 0.1) is 0 Å². The Labute approximate surface area is 195 Å². The van der Waals surface area contributed by atoms with Crippen molar-refractivity contribution in [2.24, 2.45) is 0 Å². The summed E-state index contributed by atoms with van der Waals surface area (Å²) >= 11 is 0. The highest BCUT2D eigenvalue weighted by Gasteiger charge is 2.30. The predicted molar refractivity (Wildman–Crippen MR) is 133 cm³/mol. The smallest absolute Gasteiger partial charge is 0.307 e. The van der Waals surface area contributed by atoms with Gasteiger partial charge in [0.15, 0.2) is 0 Å². The second-order valence-corrected chi connectivity index (χ2v) is 8.65. The highest BCUT2D eigenvalue weighted by Crippen LogP contribution is 2.40. The number of methoxy groups -OCH3 is 1. The number of ether oxygens (including phenoxy) is 1. The van der Waals surface area contributed by atoms with E-state index in [1.54, 1.807) is 0 Å². The summed E-state index contributed by atoms with van der Waals surface area (Å²) in [6, 6.07) is 23.6. The number of esters is 1. The summed E-state index contributed by atoms with van der Waals surface area (Å²) in [4.78, 5) is 26.1. The SMILES string of the molecule is CCN(c1cccc2ccccc12)C1CCC(c2ccc(C(=O)NCCC(=O)OC)cc2)C1. The molecule has 4 rings (SSSR count). The maximum Gasteiger partial charge on any atom is 0.307 e. The fourth-order valence-corrected chi connectivity index (χ4v) is 5.02. The molecular formula is C28H32N2O3. The first-order valence-electron chi connectivity index (χ1n) is 11.8. The van der Waals surface area contributed by atoms with Crippen molar-refractivity contribution in [1.29, 1.82) is 0 Å². The summed E-state index contributed by atoms with van der Waals surface area (Å²) in [5.74, 6) is 0.00406. The molecule has 5 nitrogen and oxygen atoms in total. The number of carbonyl (C=O) groups is 2. The van der Waals surface area contributed by atoms with Crippen LogP contribution in [0.1, 0.15) is 54.4 Å². The summed E-state index contributed by atoms with van der Waals surface area (Å²) in [6.45, 7) is 3.50. The van der Waals surface area contributed by atoms with Crippen LogP contribution in [0.25, 0.3) is 10.8 Å². The highest BCUT2D eigenvalue weighted by atomic mass is 16.5. The van der Waals surface area contributed by atoms with Crippen LogP contribution in [0.15, 0.2) is 66.7 Å². The maximum atomic E-state index is 12.3. The van der Waals surface area contributed by atoms with Gasteiger partial charge in [0.05, 0.1) is 13.5 Å². The van der Waals surface area contributed by atoms with E-state index in [9.17, 15) is 9.59 Å². The zero-order valence-corrected chi connectivity index (χ0v) is 19.4. The Kier molecular flexibility index (Phi) is 7.28. The molecular weight excluding hydrogens is 412 g/mol. The number of rotatable bonds is 8. The highest BCUT2D eigenvalue weighted by molar-refractivity contribution is 5.95. The van der Waals surface area contributed by atoms with Crippen LogP contribution in [-0.2, 0) is 9.53 Å². The summed E-state index contributed by atoms with van der Waals surface area (Å²) < 4.78 is 4.60. The van der Waals surface area contributed by atoms with Crippen molar-refractivity contribution in [3.63, 3.8) is 0 Å². The molecule has 1 saturated carbocycles. The fourth-order valence-electron chi connectivity index (χ4n) is 5.02. The van der Waals surface area contributed by atoms with Gasteiger partial charge in [0.1, 0.15) is 0 Å². The number of fused-ring (bicyclic) bond motifs is 1. The van der Waals surface area contributed by atoms with Gasteiger partial charge in [-0.3, -0.25) is 9.59 Å². The average Bonchev–Trinajstić information content (AvgIpc) is 3.34. The Morgan fingerprint density at radius 3 is 2.52 bits per heavy atom. The molecule has 0 spiro atoms. The molecule has 3 aromatic rings. The van der Waals surface area contributed by atoms with Gasteiger partial charge >= 0.3 is 5.97 Å². The molecule has 3 aromatic carbocycles. The second kappa shape index (κ2) is 10.5. The Bertz CT molecular complexity index is 1100. The van der Waals surface area contributed by atoms with Crippen molar-refractivity contribution >= 4 is 28.3 Å². The van der Waals surface area contributed by atoms with Crippen molar-refractivity contribution in [3.05, 3.63) is 77.9 Å². The van der Waals surface area contributed by atoms with Gasteiger partial charge in [-0.15, -0.1) is 0 Å². The molecule has 0 saturated heterocycles. The Morgan fingerprint density at radius 2 is 1.76 bits per heavy atom. The van der Waals surface area contributed by atoms with E-state index in [0.717, 1.165) is 25.8 Å². The molecule has 0 aromatic heterocycles. The van der Waals surface area contributed by atoms with Crippen molar-refractivity contribution in [3.8, 4) is 0 Å². The van der Waals surface area contributed by atoms with Crippen molar-refractivity contribution in [1.82, 2.24) is 5.32 Å². The van der Waals surface area contributed by atoms with Crippen LogP contribution in [0.3, 0.4) is 0 Å². The van der Waals surface area contributed by atoms with Gasteiger partial charge in [0.25, 0.3) is 5.91 Å². The number of carbonyl (C=O) groups excluding carboxylic acids is 2. The fraction of sp³-hybridized carbons (Fsp3) is 0.357. The van der Waals surface area contributed by atoms with Gasteiger partial charge in [-0.05, 0) is 61.3 Å². The molecule has 1 aliphatic rings. The zero-order chi connectivity index (χ0) is 23.2. The van der Waals surface area contributed by atoms with Crippen LogP contribution in [0.2, 0.25) is 0 Å². The van der Waals surface area contributed by atoms with Gasteiger partial charge < -0.3 is 15.0 Å². The van der Waals surface area contributed by atoms with E-state index < -0.39 is 0 Å². The lowest BCUT2D eigenvalue weighted by atomic mass is 9.96. The quantitative estimate of drug-likeness (QED) is 0.479. The summed E-state index contributed by atoms with van der Waals surface area (Å²) in [6.07, 6.45) is 3.60. The van der Waals surface area contributed by atoms with E-state index in [2.05, 4.69) is 76.5 Å². The van der Waals surface area contributed by atoms with Crippen LogP contribution in [0.5, 0.6) is 0 Å². The number of hydrogen-bond donors (Lipinski definition) is 1. The molecule has 1 amide bonds. The number of benzene rings is 3. The molecule has 172 valence electrons. The number of hydrogen-bond acceptors (Lipinski definition) is 4. The Morgan fingerprint density at radius 1 is 1.00 bits per heavy atom. The van der Waals surface area contributed by atoms with Crippen LogP contribution >= 0.6 is 0 Å². The number of amides is 1. The minimum Gasteiger partial charge on any atom is -0.469 e. The first-order valence-corrected chi connectivity index (χ1v) is 11.8. The first-order chi connectivity index (χ1) is 16.1. The molecule has 1 N–H and O–H groups in total. The molecule has 2 unspecified atom stereocenters. The molecule has 2 atom stereocenters. The van der Waals surface area contributed by atoms with E-state index in [-0.39, 0.29) is 24.8 Å². The summed E-state index contributed by atoms with van der Waals surface area (Å²) in [7, 11) is 1.35. The largest absolute Gasteiger partial charge is 0.469 e. The Hall–Kier alpha value is -3.34. The van der Waals surface area contributed by atoms with Crippen molar-refractivity contribution in [2.75, 3.05) is 25.1 Å². The summed E-state index contributed by atoms with van der Waals surface area (Å²) in [5.41, 5.74) is 3.22. The van der Waals surface area contributed by atoms with Crippen molar-refractivity contribution < 1.29 is 14.3 Å². The normalized spacial score (nSPS) is 17.6. The molecule has 33 heavy (non-hydrogen) atoms. The molecule has 0 aliphatic heterocycles. The van der Waals surface area contributed by atoms with E-state index >= 15 is 0 Å². The third kappa shape index (κ3) is 5.19. The van der Waals surface area contributed by atoms with Gasteiger partial charge in [-0.25, -0.2) is 0 Å². The first kappa shape index (κ1) is 22.8. The molecule has 1 aliphatic carbocycles. The lowest BCUT2D eigenvalue weighted by Gasteiger charge is -2.31. The molecule has 0 radical (unpaired) electrons. The predicted octanol–water partition coefficient (Wildman–Crippen LogP) is 5.30. The Balaban J connectivity index is 1.41. The molecule has 1 fully saturated rings. The third-order valence-corrected chi connectivity index (χ3v) is 6.75. The lowest BCUT2D eigenvalue weighted by Crippen LogP contribution is -2.33. The van der Waals surface area contributed by atoms with Gasteiger partial charge in [0.2, 0.25) is 0 Å². The van der Waals surface area contributed by atoms with Crippen molar-refractivity contribution in [2.45, 2.75) is 44.6 Å². The molecule has 0 bridgehead atoms. The second-order valence-electron chi connectivity index (χ2n) is 8.65. The standard InChI is InChI=1S/C28H32N2O3/c1-3-30(26-10-6-8-21-7-4-5-9-25(21)26)24-16-15-23(19-24)20-11-13-22(14-12-20)28(32)29-18-17-27(31)33-2/h4-14,23-24H,3,15-19H2,1-2H3,(H,29,32). The van der Waals surface area contributed by atoms with E-state index in [4.69, 9.17) is 0 Å². The third-order valence-electron chi connectivity index (χ3n) is 6.75. The zero-order valence-electron chi connectivity index (χ0n) is 19.4. The van der Waals surface area contributed by atoms with Crippen LogP contribution in [0.4, 0.5) is 5.69 Å². The average molecular weight is 445 g/mol. The topological polar surface area (TPSA) is 58.6 Å².